The van der Waals surface area contributed by atoms with Crippen molar-refractivity contribution in [2.45, 2.75) is 6.61 Å². The highest BCUT2D eigenvalue weighted by Gasteiger charge is 2.20. The van der Waals surface area contributed by atoms with Gasteiger partial charge in [-0.1, -0.05) is 53.5 Å². The Morgan fingerprint density at radius 1 is 1.03 bits per heavy atom. The first kappa shape index (κ1) is 21.1. The molecule has 0 saturated heterocycles. The molecule has 1 aromatic heterocycles. The maximum Gasteiger partial charge on any atom is 0.103 e. The minimum atomic E-state index is -0.0000371. The van der Waals surface area contributed by atoms with Crippen LogP contribution in [0.15, 0.2) is 66.9 Å². The van der Waals surface area contributed by atoms with Crippen molar-refractivity contribution < 1.29 is 9.94 Å². The van der Waals surface area contributed by atoms with Gasteiger partial charge in [0, 0.05) is 16.6 Å². The van der Waals surface area contributed by atoms with Crippen LogP contribution < -0.4 is 5.06 Å². The van der Waals surface area contributed by atoms with Crippen LogP contribution in [0.25, 0.3) is 22.0 Å². The van der Waals surface area contributed by atoms with Gasteiger partial charge in [-0.15, -0.1) is 0 Å². The van der Waals surface area contributed by atoms with Crippen LogP contribution in [0.5, 0.6) is 0 Å². The smallest absolute Gasteiger partial charge is 0.103 e. The Hall–Kier alpha value is -3.14. The number of hydrogen-bond donors (Lipinski definition) is 1. The number of aliphatic hydroxyl groups is 1. The van der Waals surface area contributed by atoms with Crippen LogP contribution in [-0.4, -0.2) is 17.2 Å². The third-order valence-electron chi connectivity index (χ3n) is 4.95. The van der Waals surface area contributed by atoms with Crippen LogP contribution in [-0.2, 0) is 11.4 Å². The van der Waals surface area contributed by atoms with Gasteiger partial charge in [0.1, 0.15) is 6.07 Å². The highest BCUT2D eigenvalue weighted by molar-refractivity contribution is 6.36. The first-order chi connectivity index (χ1) is 15.0. The predicted octanol–water partition coefficient (Wildman–Crippen LogP) is 6.27. The van der Waals surface area contributed by atoms with Gasteiger partial charge in [-0.3, -0.25) is 9.82 Å². The van der Waals surface area contributed by atoms with Crippen LogP contribution in [0, 0.1) is 11.3 Å². The second-order valence-corrected chi connectivity index (χ2v) is 7.64. The topological polar surface area (TPSA) is 69.4 Å². The lowest BCUT2D eigenvalue weighted by Crippen LogP contribution is -2.17. The number of nitriles is 1. The number of hydrogen-bond acceptors (Lipinski definition) is 5. The molecule has 0 radical (unpaired) electrons. The molecule has 0 aliphatic carbocycles. The van der Waals surface area contributed by atoms with E-state index in [0.717, 1.165) is 22.1 Å². The average molecular weight is 450 g/mol. The molecule has 0 amide bonds. The highest BCUT2D eigenvalue weighted by atomic mass is 35.5. The molecular formula is C24H17Cl2N3O2. The number of benzene rings is 3. The Kier molecular flexibility index (Phi) is 6.08. The molecule has 7 heteroatoms. The van der Waals surface area contributed by atoms with Crippen LogP contribution in [0.1, 0.15) is 11.1 Å². The van der Waals surface area contributed by atoms with Crippen LogP contribution in [0.4, 0.5) is 11.4 Å². The molecule has 0 spiro atoms. The fourth-order valence-corrected chi connectivity index (χ4v) is 3.90. The standard InChI is InChI=1S/C24H17Cl2N3O2/c1-31-29(23-9-7-19(25)11-21(23)26)24-18(12-27)13-28-22-10-17(6-8-20(22)24)16-4-2-15(14-30)3-5-16/h2-11,13,30H,14H2,1H3. The molecule has 0 unspecified atom stereocenters. The van der Waals surface area contributed by atoms with E-state index in [1.807, 2.05) is 42.5 Å². The lowest BCUT2D eigenvalue weighted by molar-refractivity contribution is 0.202. The molecule has 1 N–H and O–H groups in total. The predicted molar refractivity (Wildman–Crippen MR) is 123 cm³/mol. The molecule has 4 aromatic rings. The van der Waals surface area contributed by atoms with Gasteiger partial charge in [0.2, 0.25) is 0 Å². The number of aromatic nitrogens is 1. The maximum atomic E-state index is 9.72. The number of nitrogens with zero attached hydrogens (tertiary/aromatic N) is 3. The fourth-order valence-electron chi connectivity index (χ4n) is 3.42. The van der Waals surface area contributed by atoms with Gasteiger partial charge in [-0.2, -0.15) is 5.26 Å². The number of rotatable bonds is 5. The summed E-state index contributed by atoms with van der Waals surface area (Å²) in [5.74, 6) is 0. The van der Waals surface area contributed by atoms with Crippen molar-refractivity contribution in [3.63, 3.8) is 0 Å². The molecule has 0 fully saturated rings. The van der Waals surface area contributed by atoms with E-state index < -0.39 is 0 Å². The normalized spacial score (nSPS) is 10.8. The van der Waals surface area contributed by atoms with Crippen molar-refractivity contribution in [3.8, 4) is 17.2 Å². The number of anilines is 2. The third-order valence-corrected chi connectivity index (χ3v) is 5.48. The van der Waals surface area contributed by atoms with Gasteiger partial charge in [0.15, 0.2) is 0 Å². The van der Waals surface area contributed by atoms with E-state index in [1.165, 1.54) is 18.4 Å². The maximum absolute atomic E-state index is 9.72. The minimum absolute atomic E-state index is 0.0000371. The van der Waals surface area contributed by atoms with Crippen molar-refractivity contribution in [3.05, 3.63) is 88.0 Å². The van der Waals surface area contributed by atoms with Crippen molar-refractivity contribution in [2.75, 3.05) is 12.2 Å². The average Bonchev–Trinajstić information content (AvgIpc) is 2.80. The lowest BCUT2D eigenvalue weighted by atomic mass is 10.0. The van der Waals surface area contributed by atoms with E-state index in [-0.39, 0.29) is 6.61 Å². The SMILES string of the molecule is CON(c1ccc(Cl)cc1Cl)c1c(C#N)cnc2cc(-c3ccc(CO)cc3)ccc12. The molecule has 31 heavy (non-hydrogen) atoms. The molecule has 1 heterocycles. The summed E-state index contributed by atoms with van der Waals surface area (Å²) in [6, 6.07) is 20.7. The Balaban J connectivity index is 1.88. The van der Waals surface area contributed by atoms with Gasteiger partial charge >= 0.3 is 0 Å². The highest BCUT2D eigenvalue weighted by Crippen LogP contribution is 2.39. The summed E-state index contributed by atoms with van der Waals surface area (Å²) in [5, 5.41) is 22.1. The zero-order chi connectivity index (χ0) is 22.0. The fraction of sp³-hybridized carbons (Fsp3) is 0.0833. The number of pyridine rings is 1. The van der Waals surface area contributed by atoms with E-state index in [4.69, 9.17) is 28.0 Å². The number of fused-ring (bicyclic) bond motifs is 1. The monoisotopic (exact) mass is 449 g/mol. The lowest BCUT2D eigenvalue weighted by Gasteiger charge is -2.25. The van der Waals surface area contributed by atoms with Gasteiger partial charge in [0.25, 0.3) is 0 Å². The van der Waals surface area contributed by atoms with Crippen LogP contribution in [0.3, 0.4) is 0 Å². The van der Waals surface area contributed by atoms with Gasteiger partial charge < -0.3 is 5.11 Å². The Bertz CT molecular complexity index is 1300. The first-order valence-electron chi connectivity index (χ1n) is 9.38. The van der Waals surface area contributed by atoms with E-state index in [0.29, 0.717) is 32.5 Å². The zero-order valence-electron chi connectivity index (χ0n) is 16.5. The van der Waals surface area contributed by atoms with Crippen molar-refractivity contribution in [1.29, 1.82) is 5.26 Å². The molecule has 3 aromatic carbocycles. The van der Waals surface area contributed by atoms with E-state index in [9.17, 15) is 10.4 Å². The van der Waals surface area contributed by atoms with Crippen LogP contribution >= 0.6 is 23.2 Å². The summed E-state index contributed by atoms with van der Waals surface area (Å²) in [6.07, 6.45) is 1.52. The van der Waals surface area contributed by atoms with Crippen molar-refractivity contribution >= 4 is 45.5 Å². The molecule has 0 saturated carbocycles. The van der Waals surface area contributed by atoms with E-state index in [2.05, 4.69) is 11.1 Å². The summed E-state index contributed by atoms with van der Waals surface area (Å²) in [7, 11) is 1.51. The molecule has 0 bridgehead atoms. The zero-order valence-corrected chi connectivity index (χ0v) is 18.0. The summed E-state index contributed by atoms with van der Waals surface area (Å²) in [5.41, 5.74) is 4.96. The molecular weight excluding hydrogens is 433 g/mol. The molecule has 0 atom stereocenters. The Morgan fingerprint density at radius 2 is 1.77 bits per heavy atom. The first-order valence-corrected chi connectivity index (χ1v) is 10.1. The second kappa shape index (κ2) is 8.93. The van der Waals surface area contributed by atoms with Crippen molar-refractivity contribution in [1.82, 2.24) is 4.98 Å². The summed E-state index contributed by atoms with van der Waals surface area (Å²) in [4.78, 5) is 10.1. The van der Waals surface area contributed by atoms with Crippen LogP contribution in [0.2, 0.25) is 10.0 Å². The van der Waals surface area contributed by atoms with Crippen molar-refractivity contribution in [2.24, 2.45) is 0 Å². The molecule has 4 rings (SSSR count). The van der Waals surface area contributed by atoms with Gasteiger partial charge in [0.05, 0.1) is 41.2 Å². The molecule has 0 aliphatic heterocycles. The largest absolute Gasteiger partial charge is 0.392 e. The van der Waals surface area contributed by atoms with E-state index in [1.54, 1.807) is 18.2 Å². The summed E-state index contributed by atoms with van der Waals surface area (Å²) in [6.45, 7) is -0.0000371. The van der Waals surface area contributed by atoms with E-state index >= 15 is 0 Å². The number of aliphatic hydroxyl groups excluding tert-OH is 1. The molecule has 0 aliphatic rings. The quantitative estimate of drug-likeness (QED) is 0.363. The molecule has 5 nitrogen and oxygen atoms in total. The third kappa shape index (κ3) is 4.07. The second-order valence-electron chi connectivity index (χ2n) is 6.79. The van der Waals surface area contributed by atoms with Gasteiger partial charge in [-0.25, -0.2) is 5.06 Å². The van der Waals surface area contributed by atoms with Gasteiger partial charge in [-0.05, 0) is 47.0 Å². The summed E-state index contributed by atoms with van der Waals surface area (Å²) < 4.78 is 0. The number of halogens is 2. The Morgan fingerprint density at radius 3 is 2.42 bits per heavy atom. The molecule has 154 valence electrons. The summed E-state index contributed by atoms with van der Waals surface area (Å²) >= 11 is 12.4. The minimum Gasteiger partial charge on any atom is -0.392 e. The Labute approximate surface area is 189 Å².